The fraction of sp³-hybridized carbons (Fsp3) is 0.789. The quantitative estimate of drug-likeness (QED) is 0.301. The Morgan fingerprint density at radius 1 is 1.00 bits per heavy atom. The van der Waals surface area contributed by atoms with E-state index in [9.17, 15) is 14.7 Å². The molecule has 0 aromatic rings. The zero-order valence-electron chi connectivity index (χ0n) is 16.9. The molecule has 0 aromatic carbocycles. The van der Waals surface area contributed by atoms with Gasteiger partial charge < -0.3 is 24.1 Å². The highest BCUT2D eigenvalue weighted by atomic mass is 16.6. The van der Waals surface area contributed by atoms with Gasteiger partial charge in [-0.15, -0.1) is 0 Å². The van der Waals surface area contributed by atoms with Crippen LogP contribution in [0, 0.1) is 0 Å². The first kappa shape index (κ1) is 24.6. The molecule has 0 spiro atoms. The zero-order valence-corrected chi connectivity index (χ0v) is 16.9. The number of rotatable bonds is 13. The van der Waals surface area contributed by atoms with Gasteiger partial charge in [0.25, 0.3) is 0 Å². The van der Waals surface area contributed by atoms with E-state index in [0.29, 0.717) is 19.3 Å². The molecule has 26 heavy (non-hydrogen) atoms. The third-order valence-electron chi connectivity index (χ3n) is 3.88. The minimum atomic E-state index is -1.31. The van der Waals surface area contributed by atoms with Crippen LogP contribution < -0.4 is 0 Å². The Labute approximate surface area is 156 Å². The number of hydrogen-bond acceptors (Lipinski definition) is 7. The van der Waals surface area contributed by atoms with Crippen molar-refractivity contribution in [2.24, 2.45) is 0 Å². The van der Waals surface area contributed by atoms with E-state index >= 15 is 0 Å². The monoisotopic (exact) mass is 374 g/mol. The van der Waals surface area contributed by atoms with E-state index in [4.69, 9.17) is 18.9 Å². The van der Waals surface area contributed by atoms with Crippen LogP contribution in [0.25, 0.3) is 0 Å². The Kier molecular flexibility index (Phi) is 10.7. The molecule has 7 nitrogen and oxygen atoms in total. The number of carbonyl (C=O) groups is 2. The molecule has 0 bridgehead atoms. The number of carbonyl (C=O) groups excluding carboxylic acids is 2. The van der Waals surface area contributed by atoms with Gasteiger partial charge >= 0.3 is 11.9 Å². The summed E-state index contributed by atoms with van der Waals surface area (Å²) in [6.45, 7) is 13.6. The van der Waals surface area contributed by atoms with Crippen LogP contribution in [0.2, 0.25) is 0 Å². The van der Waals surface area contributed by atoms with Crippen LogP contribution in [0.4, 0.5) is 0 Å². The number of esters is 2. The summed E-state index contributed by atoms with van der Waals surface area (Å²) in [5, 5.41) is 9.73. The molecule has 0 aliphatic rings. The molecule has 0 fully saturated rings. The highest BCUT2D eigenvalue weighted by Crippen LogP contribution is 2.22. The number of aliphatic hydroxyl groups is 1. The Morgan fingerprint density at radius 2 is 1.50 bits per heavy atom. The van der Waals surface area contributed by atoms with Gasteiger partial charge in [0.2, 0.25) is 0 Å². The molecule has 7 heteroatoms. The van der Waals surface area contributed by atoms with E-state index in [-0.39, 0.29) is 13.2 Å². The molecular formula is C19H34O7. The van der Waals surface area contributed by atoms with Gasteiger partial charge in [0.05, 0.1) is 12.2 Å². The second-order valence-electron chi connectivity index (χ2n) is 6.76. The normalized spacial score (nSPS) is 16.3. The molecule has 0 aromatic heterocycles. The summed E-state index contributed by atoms with van der Waals surface area (Å²) in [7, 11) is 0. The summed E-state index contributed by atoms with van der Waals surface area (Å²) in [5.74, 6) is -2.37. The summed E-state index contributed by atoms with van der Waals surface area (Å²) < 4.78 is 21.7. The molecule has 0 saturated heterocycles. The van der Waals surface area contributed by atoms with E-state index < -0.39 is 35.5 Å². The van der Waals surface area contributed by atoms with Crippen molar-refractivity contribution in [2.75, 3.05) is 13.2 Å². The van der Waals surface area contributed by atoms with Crippen molar-refractivity contribution in [2.45, 2.75) is 84.4 Å². The van der Waals surface area contributed by atoms with Gasteiger partial charge in [0, 0.05) is 6.08 Å². The summed E-state index contributed by atoms with van der Waals surface area (Å²) >= 11 is 0. The smallest absolute Gasteiger partial charge is 0.338 e. The molecule has 0 aliphatic carbocycles. The topological polar surface area (TPSA) is 91.3 Å². The van der Waals surface area contributed by atoms with Crippen molar-refractivity contribution in [3.63, 3.8) is 0 Å². The maximum Gasteiger partial charge on any atom is 0.338 e. The predicted octanol–water partition coefficient (Wildman–Crippen LogP) is 2.75. The lowest BCUT2D eigenvalue weighted by Gasteiger charge is -2.32. The van der Waals surface area contributed by atoms with Crippen molar-refractivity contribution in [1.82, 2.24) is 0 Å². The summed E-state index contributed by atoms with van der Waals surface area (Å²) in [6, 6.07) is 0. The van der Waals surface area contributed by atoms with Gasteiger partial charge in [-0.3, -0.25) is 0 Å². The first-order valence-corrected chi connectivity index (χ1v) is 9.05. The van der Waals surface area contributed by atoms with Gasteiger partial charge in [-0.1, -0.05) is 27.4 Å². The summed E-state index contributed by atoms with van der Waals surface area (Å²) in [5.41, 5.74) is -1.17. The molecule has 0 rings (SSSR count). The standard InChI is InChI=1S/C19H34O7/c1-8-14(25-18(5,6)22)13-24-17(21)19(7,11-4)26-15(9-2)12-23-16(20)10-3/h10,14-15,22H,3,8-9,11-13H2,1-2,4-7H3. The second kappa shape index (κ2) is 11.3. The lowest BCUT2D eigenvalue weighted by molar-refractivity contribution is -0.221. The lowest BCUT2D eigenvalue weighted by atomic mass is 10.0. The highest BCUT2D eigenvalue weighted by Gasteiger charge is 2.37. The molecule has 0 heterocycles. The molecular weight excluding hydrogens is 340 g/mol. The Morgan fingerprint density at radius 3 is 1.92 bits per heavy atom. The average molecular weight is 374 g/mol. The minimum absolute atomic E-state index is 0.0144. The van der Waals surface area contributed by atoms with E-state index in [0.717, 1.165) is 6.08 Å². The van der Waals surface area contributed by atoms with E-state index in [1.165, 1.54) is 13.8 Å². The van der Waals surface area contributed by atoms with Gasteiger partial charge in [0.1, 0.15) is 13.2 Å². The van der Waals surface area contributed by atoms with Crippen LogP contribution in [-0.2, 0) is 28.5 Å². The molecule has 0 amide bonds. The van der Waals surface area contributed by atoms with Crippen LogP contribution in [0.1, 0.15) is 60.8 Å². The molecule has 3 atom stereocenters. The first-order valence-electron chi connectivity index (χ1n) is 9.05. The third kappa shape index (κ3) is 9.31. The molecule has 3 unspecified atom stereocenters. The fourth-order valence-corrected chi connectivity index (χ4v) is 2.08. The van der Waals surface area contributed by atoms with Crippen LogP contribution in [0.3, 0.4) is 0 Å². The molecule has 0 aliphatic heterocycles. The lowest BCUT2D eigenvalue weighted by Crippen LogP contribution is -2.45. The van der Waals surface area contributed by atoms with E-state index in [2.05, 4.69) is 6.58 Å². The molecule has 152 valence electrons. The highest BCUT2D eigenvalue weighted by molar-refractivity contribution is 5.81. The summed E-state index contributed by atoms with van der Waals surface area (Å²) in [4.78, 5) is 23.7. The largest absolute Gasteiger partial charge is 0.461 e. The van der Waals surface area contributed by atoms with Crippen LogP contribution in [-0.4, -0.2) is 53.9 Å². The van der Waals surface area contributed by atoms with Gasteiger partial charge in [-0.05, 0) is 40.0 Å². The van der Waals surface area contributed by atoms with Crippen molar-refractivity contribution < 1.29 is 33.6 Å². The van der Waals surface area contributed by atoms with Crippen molar-refractivity contribution in [1.29, 1.82) is 0 Å². The molecule has 1 N–H and O–H groups in total. The average Bonchev–Trinajstić information content (AvgIpc) is 2.59. The maximum absolute atomic E-state index is 12.5. The fourth-order valence-electron chi connectivity index (χ4n) is 2.08. The third-order valence-corrected chi connectivity index (χ3v) is 3.88. The predicted molar refractivity (Wildman–Crippen MR) is 97.4 cm³/mol. The zero-order chi connectivity index (χ0) is 20.4. The maximum atomic E-state index is 12.5. The Bertz CT molecular complexity index is 455. The van der Waals surface area contributed by atoms with Gasteiger partial charge in [-0.25, -0.2) is 9.59 Å². The van der Waals surface area contributed by atoms with E-state index in [1.54, 1.807) is 6.92 Å². The van der Waals surface area contributed by atoms with Gasteiger partial charge in [-0.2, -0.15) is 0 Å². The SMILES string of the molecule is C=CC(=O)OCC(CC)OC(C)(CC)C(=O)OCC(CC)OC(C)(C)O. The Hall–Kier alpha value is -1.44. The van der Waals surface area contributed by atoms with E-state index in [1.807, 2.05) is 20.8 Å². The summed E-state index contributed by atoms with van der Waals surface area (Å²) in [6.07, 6.45) is 1.75. The Balaban J connectivity index is 4.79. The van der Waals surface area contributed by atoms with Crippen LogP contribution in [0.15, 0.2) is 12.7 Å². The molecule has 0 radical (unpaired) electrons. The van der Waals surface area contributed by atoms with Crippen molar-refractivity contribution in [3.05, 3.63) is 12.7 Å². The number of hydrogen-bond donors (Lipinski definition) is 1. The van der Waals surface area contributed by atoms with Crippen molar-refractivity contribution in [3.8, 4) is 0 Å². The first-order chi connectivity index (χ1) is 12.0. The minimum Gasteiger partial charge on any atom is -0.461 e. The van der Waals surface area contributed by atoms with Crippen LogP contribution in [0.5, 0.6) is 0 Å². The number of ether oxygens (including phenoxy) is 4. The van der Waals surface area contributed by atoms with Crippen molar-refractivity contribution >= 4 is 11.9 Å². The van der Waals surface area contributed by atoms with Crippen LogP contribution >= 0.6 is 0 Å². The molecule has 0 saturated carbocycles. The van der Waals surface area contributed by atoms with Gasteiger partial charge in [0.15, 0.2) is 11.4 Å². The second-order valence-corrected chi connectivity index (χ2v) is 6.76.